The number of rotatable bonds is 14. The molecule has 0 spiro atoms. The first-order valence-electron chi connectivity index (χ1n) is 17.3. The molecule has 1 saturated heterocycles. The van der Waals surface area contributed by atoms with Crippen molar-refractivity contribution in [2.24, 2.45) is 11.3 Å². The van der Waals surface area contributed by atoms with Gasteiger partial charge in [0.15, 0.2) is 10.8 Å². The number of sulfonamides is 1. The van der Waals surface area contributed by atoms with Crippen molar-refractivity contribution in [2.45, 2.75) is 115 Å². The minimum atomic E-state index is -4.25. The molecule has 14 heteroatoms. The number of pyridine rings is 2. The van der Waals surface area contributed by atoms with Crippen LogP contribution in [0.25, 0.3) is 5.82 Å². The third-order valence-corrected chi connectivity index (χ3v) is 10.9. The van der Waals surface area contributed by atoms with Crippen molar-refractivity contribution in [1.29, 1.82) is 0 Å². The molecule has 5 rings (SSSR count). The standard InChI is InChI=1S/C36H49ClN6O6S/c1-34(2,3)49-33(45)42-24-26(22-35(42,4)5)11-9-7-8-10-25-12-15-30(38-23-25)50(46,47)41-32(44)27-13-14-28(39-31(27)37)43-20-16-29(40-43)48-21-19-36(6)17-18-36/h12-16,20,23,26H,7-11,17-19,21-22,24H2,1-6H3,(H,41,44). The number of carbonyl (C=O) groups is 2. The fourth-order valence-corrected chi connectivity index (χ4v) is 7.34. The number of nitrogens with one attached hydrogen (secondary N) is 1. The minimum absolute atomic E-state index is 0.101. The normalized spacial score (nSPS) is 18.1. The molecule has 1 N–H and O–H groups in total. The van der Waals surface area contributed by atoms with E-state index in [1.807, 2.05) is 30.4 Å². The van der Waals surface area contributed by atoms with Gasteiger partial charge in [-0.3, -0.25) is 4.79 Å². The molecule has 0 aromatic carbocycles. The molecule has 1 unspecified atom stereocenters. The van der Waals surface area contributed by atoms with E-state index in [1.165, 1.54) is 41.9 Å². The number of aromatic nitrogens is 4. The van der Waals surface area contributed by atoms with Crippen LogP contribution >= 0.6 is 11.6 Å². The highest BCUT2D eigenvalue weighted by Gasteiger charge is 2.42. The summed E-state index contributed by atoms with van der Waals surface area (Å²) < 4.78 is 40.8. The summed E-state index contributed by atoms with van der Waals surface area (Å²) in [5.41, 5.74) is 0.428. The molecule has 12 nitrogen and oxygen atoms in total. The van der Waals surface area contributed by atoms with Gasteiger partial charge in [-0.25, -0.2) is 24.2 Å². The van der Waals surface area contributed by atoms with Gasteiger partial charge in [-0.1, -0.05) is 37.4 Å². The van der Waals surface area contributed by atoms with Gasteiger partial charge < -0.3 is 14.4 Å². The predicted octanol–water partition coefficient (Wildman–Crippen LogP) is 7.14. The van der Waals surface area contributed by atoms with Gasteiger partial charge in [-0.15, -0.1) is 5.10 Å². The van der Waals surface area contributed by atoms with Crippen molar-refractivity contribution in [2.75, 3.05) is 13.2 Å². The maximum Gasteiger partial charge on any atom is 0.410 e. The summed E-state index contributed by atoms with van der Waals surface area (Å²) in [7, 11) is -4.25. The summed E-state index contributed by atoms with van der Waals surface area (Å²) in [4.78, 5) is 35.8. The Morgan fingerprint density at radius 3 is 2.48 bits per heavy atom. The largest absolute Gasteiger partial charge is 0.477 e. The average Bonchev–Trinajstić information content (AvgIpc) is 3.42. The molecule has 272 valence electrons. The molecule has 2 amide bonds. The van der Waals surface area contributed by atoms with Crippen LogP contribution in [0.3, 0.4) is 0 Å². The summed E-state index contributed by atoms with van der Waals surface area (Å²) in [6.07, 6.45) is 12.0. The molecule has 1 atom stereocenters. The van der Waals surface area contributed by atoms with Gasteiger partial charge in [0.25, 0.3) is 15.9 Å². The van der Waals surface area contributed by atoms with E-state index in [9.17, 15) is 18.0 Å². The van der Waals surface area contributed by atoms with Crippen molar-refractivity contribution in [3.63, 3.8) is 0 Å². The zero-order valence-electron chi connectivity index (χ0n) is 29.9. The maximum absolute atomic E-state index is 13.0. The predicted molar refractivity (Wildman–Crippen MR) is 190 cm³/mol. The van der Waals surface area contributed by atoms with Gasteiger partial charge >= 0.3 is 6.09 Å². The number of hydrogen-bond acceptors (Lipinski definition) is 9. The first-order chi connectivity index (χ1) is 23.4. The van der Waals surface area contributed by atoms with Crippen LogP contribution in [0.2, 0.25) is 5.15 Å². The Kier molecular flexibility index (Phi) is 11.2. The molecular formula is C36H49ClN6O6S. The van der Waals surface area contributed by atoms with E-state index >= 15 is 0 Å². The number of nitrogens with zero attached hydrogens (tertiary/aromatic N) is 5. The Morgan fingerprint density at radius 1 is 1.06 bits per heavy atom. The Bertz CT molecular complexity index is 1780. The Hall–Kier alpha value is -3.71. The smallest absolute Gasteiger partial charge is 0.410 e. The summed E-state index contributed by atoms with van der Waals surface area (Å²) in [5.74, 6) is 0.315. The van der Waals surface area contributed by atoms with E-state index in [0.29, 0.717) is 36.2 Å². The fraction of sp³-hybridized carbons (Fsp3) is 0.583. The Morgan fingerprint density at radius 2 is 1.82 bits per heavy atom. The minimum Gasteiger partial charge on any atom is -0.477 e. The quantitative estimate of drug-likeness (QED) is 0.135. The number of unbranched alkanes of at least 4 members (excludes halogenated alkanes) is 2. The number of aryl methyl sites for hydroxylation is 1. The third kappa shape index (κ3) is 9.96. The van der Waals surface area contributed by atoms with Gasteiger partial charge in [0.2, 0.25) is 5.88 Å². The van der Waals surface area contributed by atoms with Crippen LogP contribution < -0.4 is 9.46 Å². The molecule has 50 heavy (non-hydrogen) atoms. The molecule has 0 radical (unpaired) electrons. The number of carbonyl (C=O) groups excluding carboxylic acids is 2. The monoisotopic (exact) mass is 728 g/mol. The van der Waals surface area contributed by atoms with E-state index < -0.39 is 21.5 Å². The van der Waals surface area contributed by atoms with Gasteiger partial charge in [-0.05, 0) is 115 Å². The van der Waals surface area contributed by atoms with E-state index in [4.69, 9.17) is 21.1 Å². The molecule has 2 aliphatic rings. The molecule has 2 fully saturated rings. The molecular weight excluding hydrogens is 680 g/mol. The summed E-state index contributed by atoms with van der Waals surface area (Å²) >= 11 is 6.30. The Labute approximate surface area is 300 Å². The highest BCUT2D eigenvalue weighted by molar-refractivity contribution is 7.90. The van der Waals surface area contributed by atoms with E-state index in [0.717, 1.165) is 50.5 Å². The molecule has 1 aliphatic carbocycles. The molecule has 4 heterocycles. The van der Waals surface area contributed by atoms with Crippen molar-refractivity contribution in [3.8, 4) is 11.7 Å². The van der Waals surface area contributed by atoms with Crippen molar-refractivity contribution < 1.29 is 27.5 Å². The topological polar surface area (TPSA) is 146 Å². The maximum atomic E-state index is 13.0. The van der Waals surface area contributed by atoms with E-state index in [-0.39, 0.29) is 27.4 Å². The van der Waals surface area contributed by atoms with E-state index in [2.05, 4.69) is 35.8 Å². The average molecular weight is 729 g/mol. The van der Waals surface area contributed by atoms with Gasteiger partial charge in [0.1, 0.15) is 10.8 Å². The van der Waals surface area contributed by atoms with Crippen molar-refractivity contribution in [1.82, 2.24) is 29.4 Å². The van der Waals surface area contributed by atoms with Crippen LogP contribution in [0.5, 0.6) is 5.88 Å². The summed E-state index contributed by atoms with van der Waals surface area (Å²) in [5, 5.41) is 3.92. The van der Waals surface area contributed by atoms with Crippen LogP contribution in [-0.2, 0) is 21.2 Å². The highest BCUT2D eigenvalue weighted by atomic mass is 35.5. The lowest BCUT2D eigenvalue weighted by Crippen LogP contribution is -2.45. The van der Waals surface area contributed by atoms with Crippen LogP contribution in [0.15, 0.2) is 47.8 Å². The van der Waals surface area contributed by atoms with Crippen molar-refractivity contribution in [3.05, 3.63) is 59.0 Å². The lowest BCUT2D eigenvalue weighted by Gasteiger charge is -2.33. The fourth-order valence-electron chi connectivity index (χ4n) is 6.20. The summed E-state index contributed by atoms with van der Waals surface area (Å²) in [6, 6.07) is 7.74. The number of likely N-dealkylation sites (tertiary alicyclic amines) is 1. The third-order valence-electron chi connectivity index (χ3n) is 9.39. The van der Waals surface area contributed by atoms with E-state index in [1.54, 1.807) is 18.3 Å². The SMILES string of the molecule is CC1(CCOc2ccn(-c3ccc(C(=O)NS(=O)(=O)c4ccc(CCCCCC5CN(C(=O)OC(C)(C)C)C(C)(C)C5)cn4)c(Cl)n3)n2)CC1. The number of hydrogen-bond donors (Lipinski definition) is 1. The van der Waals surface area contributed by atoms with Gasteiger partial charge in [0, 0.05) is 30.5 Å². The lowest BCUT2D eigenvalue weighted by molar-refractivity contribution is 0.0130. The first-order valence-corrected chi connectivity index (χ1v) is 19.2. The van der Waals surface area contributed by atoms with Gasteiger partial charge in [-0.2, -0.15) is 8.42 Å². The number of amides is 2. The molecule has 3 aromatic rings. The Balaban J connectivity index is 1.06. The van der Waals surface area contributed by atoms with Crippen LogP contribution in [-0.4, -0.2) is 69.4 Å². The van der Waals surface area contributed by atoms with Crippen molar-refractivity contribution >= 4 is 33.6 Å². The first kappa shape index (κ1) is 37.5. The highest BCUT2D eigenvalue weighted by Crippen LogP contribution is 2.48. The zero-order chi connectivity index (χ0) is 36.3. The molecule has 0 bridgehead atoms. The van der Waals surface area contributed by atoms with Gasteiger partial charge in [0.05, 0.1) is 12.2 Å². The van der Waals surface area contributed by atoms with Crippen LogP contribution in [0.4, 0.5) is 4.79 Å². The number of ether oxygens (including phenoxy) is 2. The van der Waals surface area contributed by atoms with Crippen LogP contribution in [0.1, 0.15) is 109 Å². The zero-order valence-corrected chi connectivity index (χ0v) is 31.4. The summed E-state index contributed by atoms with van der Waals surface area (Å²) in [6.45, 7) is 13.3. The van der Waals surface area contributed by atoms with Crippen LogP contribution in [0, 0.1) is 11.3 Å². The second-order valence-electron chi connectivity index (χ2n) is 15.5. The second kappa shape index (κ2) is 14.9. The molecule has 1 aliphatic heterocycles. The molecule has 3 aromatic heterocycles. The molecule has 1 saturated carbocycles. The second-order valence-corrected chi connectivity index (χ2v) is 17.5. The number of halogens is 1. The lowest BCUT2D eigenvalue weighted by atomic mass is 9.92.